The average molecular weight is 853 g/mol. The second kappa shape index (κ2) is 42.9. The average Bonchev–Trinajstić information content (AvgIpc) is 3.22. The highest BCUT2D eigenvalue weighted by Crippen LogP contribution is 2.12. The summed E-state index contributed by atoms with van der Waals surface area (Å²) in [7, 11) is 5.93. The highest BCUT2D eigenvalue weighted by atomic mass is 16.7. The van der Waals surface area contributed by atoms with Crippen LogP contribution in [0.2, 0.25) is 0 Å². The van der Waals surface area contributed by atoms with E-state index in [0.717, 1.165) is 122 Å². The van der Waals surface area contributed by atoms with Crippen LogP contribution in [0.25, 0.3) is 0 Å². The third kappa shape index (κ3) is 44.1. The first-order chi connectivity index (χ1) is 29.6. The number of carboxylic acids is 1. The van der Waals surface area contributed by atoms with Crippen molar-refractivity contribution >= 4 is 17.9 Å². The molecular weight excluding hydrogens is 767 g/mol. The van der Waals surface area contributed by atoms with Gasteiger partial charge in [0.25, 0.3) is 6.29 Å². The van der Waals surface area contributed by atoms with E-state index in [4.69, 9.17) is 18.9 Å². The van der Waals surface area contributed by atoms with Crippen LogP contribution in [0, 0.1) is 0 Å². The van der Waals surface area contributed by atoms with E-state index >= 15 is 0 Å². The van der Waals surface area contributed by atoms with Gasteiger partial charge >= 0.3 is 17.9 Å². The number of allylic oxidation sites excluding steroid dienone is 16. The minimum absolute atomic E-state index is 0.175. The number of nitrogens with zero attached hydrogens (tertiary/aromatic N) is 1. The number of quaternary nitrogens is 1. The number of hydrogen-bond acceptors (Lipinski definition) is 7. The van der Waals surface area contributed by atoms with Crippen molar-refractivity contribution in [2.75, 3.05) is 47.5 Å². The Morgan fingerprint density at radius 1 is 0.492 bits per heavy atom. The van der Waals surface area contributed by atoms with Crippen LogP contribution in [0.5, 0.6) is 0 Å². The van der Waals surface area contributed by atoms with Gasteiger partial charge in [0.1, 0.15) is 13.2 Å². The molecule has 0 aliphatic heterocycles. The molecule has 346 valence electrons. The van der Waals surface area contributed by atoms with Crippen molar-refractivity contribution in [2.24, 2.45) is 0 Å². The van der Waals surface area contributed by atoms with Crippen LogP contribution in [0.15, 0.2) is 97.2 Å². The maximum atomic E-state index is 12.8. The summed E-state index contributed by atoms with van der Waals surface area (Å²) in [6.45, 7) is 4.57. The van der Waals surface area contributed by atoms with Crippen molar-refractivity contribution in [1.29, 1.82) is 0 Å². The van der Waals surface area contributed by atoms with E-state index in [1.807, 2.05) is 21.1 Å². The number of carbonyl (C=O) groups excluding carboxylic acids is 2. The molecule has 0 radical (unpaired) electrons. The van der Waals surface area contributed by atoms with Gasteiger partial charge in [0.05, 0.1) is 34.4 Å². The zero-order valence-corrected chi connectivity index (χ0v) is 39.0. The van der Waals surface area contributed by atoms with Crippen molar-refractivity contribution in [3.63, 3.8) is 0 Å². The monoisotopic (exact) mass is 853 g/mol. The molecule has 0 saturated heterocycles. The van der Waals surface area contributed by atoms with E-state index in [9.17, 15) is 19.5 Å². The molecule has 2 unspecified atom stereocenters. The number of carbonyl (C=O) groups is 3. The first-order valence-corrected chi connectivity index (χ1v) is 23.4. The lowest BCUT2D eigenvalue weighted by Crippen LogP contribution is -2.40. The fraction of sp³-hybridized carbons (Fsp3) is 0.635. The molecule has 0 spiro atoms. The molecule has 0 aromatic heterocycles. The maximum absolute atomic E-state index is 12.8. The van der Waals surface area contributed by atoms with Crippen molar-refractivity contribution in [2.45, 2.75) is 167 Å². The highest BCUT2D eigenvalue weighted by Gasteiger charge is 2.25. The summed E-state index contributed by atoms with van der Waals surface area (Å²) in [6, 6.07) is 0. The number of hydrogen-bond donors (Lipinski definition) is 1. The Morgan fingerprint density at radius 3 is 1.31 bits per heavy atom. The fourth-order valence-electron chi connectivity index (χ4n) is 5.76. The standard InChI is InChI=1S/C52H85NO8/c1-6-8-10-12-14-16-18-20-22-23-24-25-26-27-29-31-33-35-37-39-41-43-50(55)61-48(47-60-52(51(56)57)58-45-44-53(3,4)5)46-59-49(54)42-40-38-36-34-32-30-28-21-19-17-15-13-11-9-7-2/h8-11,14-17,20-22,24-25,27-29,48,52H,6-7,12-13,18-19,23,26,30-47H2,1-5H3/p+1/b10-8-,11-9-,16-14-,17-15-,22-20-,25-24-,28-21-,29-27-. The molecule has 0 aromatic rings. The summed E-state index contributed by atoms with van der Waals surface area (Å²) in [6.07, 6.45) is 53.2. The third-order valence-electron chi connectivity index (χ3n) is 9.34. The molecule has 0 fully saturated rings. The molecule has 0 amide bonds. The first-order valence-electron chi connectivity index (χ1n) is 23.4. The molecule has 0 heterocycles. The van der Waals surface area contributed by atoms with Crippen LogP contribution in [0.1, 0.15) is 155 Å². The Labute approximate surface area is 372 Å². The number of unbranched alkanes of at least 4 members (excludes halogenated alkanes) is 10. The second-order valence-corrected chi connectivity index (χ2v) is 16.3. The SMILES string of the molecule is CC/C=C\C/C=C\C/C=C\C/C=C\C/C=C\CCCCCCCC(=O)OC(COC(=O)CCCCCCC/C=C\C/C=C\C/C=C\CC)COC(OCC[N+](C)(C)C)C(=O)O. The smallest absolute Gasteiger partial charge is 0.361 e. The number of aliphatic carboxylic acids is 1. The Morgan fingerprint density at radius 2 is 0.885 bits per heavy atom. The van der Waals surface area contributed by atoms with E-state index in [2.05, 4.69) is 111 Å². The third-order valence-corrected chi connectivity index (χ3v) is 9.34. The van der Waals surface area contributed by atoms with Crippen molar-refractivity contribution in [3.05, 3.63) is 97.2 Å². The van der Waals surface area contributed by atoms with Gasteiger partial charge in [-0.3, -0.25) is 9.59 Å². The largest absolute Gasteiger partial charge is 0.477 e. The summed E-state index contributed by atoms with van der Waals surface area (Å²) >= 11 is 0. The van der Waals surface area contributed by atoms with Gasteiger partial charge in [-0.15, -0.1) is 0 Å². The normalized spacial score (nSPS) is 13.8. The molecule has 0 saturated carbocycles. The van der Waals surface area contributed by atoms with Crippen LogP contribution in [-0.2, 0) is 33.3 Å². The van der Waals surface area contributed by atoms with E-state index in [1.54, 1.807) is 0 Å². The quantitative estimate of drug-likeness (QED) is 0.0213. The summed E-state index contributed by atoms with van der Waals surface area (Å²) in [5, 5.41) is 9.65. The Hall–Kier alpha value is -3.79. The van der Waals surface area contributed by atoms with Gasteiger partial charge in [-0.05, 0) is 89.9 Å². The summed E-state index contributed by atoms with van der Waals surface area (Å²) < 4.78 is 22.7. The van der Waals surface area contributed by atoms with Gasteiger partial charge in [0.15, 0.2) is 6.10 Å². The lowest BCUT2D eigenvalue weighted by atomic mass is 10.1. The van der Waals surface area contributed by atoms with Gasteiger partial charge in [0, 0.05) is 12.8 Å². The van der Waals surface area contributed by atoms with Crippen molar-refractivity contribution < 1.29 is 42.9 Å². The fourth-order valence-corrected chi connectivity index (χ4v) is 5.76. The highest BCUT2D eigenvalue weighted by molar-refractivity contribution is 5.71. The molecule has 9 heteroatoms. The van der Waals surface area contributed by atoms with Gasteiger partial charge in [-0.2, -0.15) is 0 Å². The molecule has 9 nitrogen and oxygen atoms in total. The molecular formula is C52H86NO8+. The zero-order chi connectivity index (χ0) is 44.9. The molecule has 0 aromatic carbocycles. The molecule has 1 N–H and O–H groups in total. The van der Waals surface area contributed by atoms with Gasteiger partial charge in [-0.1, -0.05) is 150 Å². The van der Waals surface area contributed by atoms with Crippen molar-refractivity contribution in [1.82, 2.24) is 0 Å². The van der Waals surface area contributed by atoms with E-state index in [0.29, 0.717) is 17.4 Å². The molecule has 61 heavy (non-hydrogen) atoms. The zero-order valence-electron chi connectivity index (χ0n) is 39.0. The summed E-state index contributed by atoms with van der Waals surface area (Å²) in [4.78, 5) is 37.2. The predicted octanol–water partition coefficient (Wildman–Crippen LogP) is 12.7. The number of carboxylic acid groups (broad SMARTS) is 1. The number of esters is 2. The van der Waals surface area contributed by atoms with Crippen LogP contribution in [0.4, 0.5) is 0 Å². The van der Waals surface area contributed by atoms with Crippen LogP contribution < -0.4 is 0 Å². The van der Waals surface area contributed by atoms with Crippen LogP contribution in [-0.4, -0.2) is 87.4 Å². The van der Waals surface area contributed by atoms with E-state index in [1.165, 1.54) is 0 Å². The minimum atomic E-state index is -1.52. The van der Waals surface area contributed by atoms with E-state index < -0.39 is 24.3 Å². The Bertz CT molecular complexity index is 1320. The van der Waals surface area contributed by atoms with Crippen LogP contribution in [0.3, 0.4) is 0 Å². The molecule has 0 bridgehead atoms. The lowest BCUT2D eigenvalue weighted by molar-refractivity contribution is -0.870. The number of rotatable bonds is 41. The number of ether oxygens (including phenoxy) is 4. The van der Waals surface area contributed by atoms with Gasteiger partial charge in [-0.25, -0.2) is 4.79 Å². The topological polar surface area (TPSA) is 108 Å². The summed E-state index contributed by atoms with van der Waals surface area (Å²) in [5.74, 6) is -2.07. The molecule has 0 aliphatic carbocycles. The number of likely N-dealkylation sites (N-methyl/N-ethyl adjacent to an activating group) is 1. The Balaban J connectivity index is 4.49. The van der Waals surface area contributed by atoms with Gasteiger partial charge in [0.2, 0.25) is 0 Å². The first kappa shape index (κ1) is 57.2. The maximum Gasteiger partial charge on any atom is 0.361 e. The summed E-state index contributed by atoms with van der Waals surface area (Å²) in [5.41, 5.74) is 0. The molecule has 2 atom stereocenters. The van der Waals surface area contributed by atoms with E-state index in [-0.39, 0.29) is 38.6 Å². The van der Waals surface area contributed by atoms with Crippen LogP contribution >= 0.6 is 0 Å². The molecule has 0 rings (SSSR count). The second-order valence-electron chi connectivity index (χ2n) is 16.3. The lowest BCUT2D eigenvalue weighted by Gasteiger charge is -2.25. The Kier molecular flexibility index (Phi) is 40.2. The minimum Gasteiger partial charge on any atom is -0.477 e. The molecule has 0 aliphatic rings. The van der Waals surface area contributed by atoms with Crippen molar-refractivity contribution in [3.8, 4) is 0 Å². The predicted molar refractivity (Wildman–Crippen MR) is 253 cm³/mol. The van der Waals surface area contributed by atoms with Gasteiger partial charge < -0.3 is 28.5 Å².